The van der Waals surface area contributed by atoms with Gasteiger partial charge in [-0.3, -0.25) is 9.69 Å². The van der Waals surface area contributed by atoms with Crippen molar-refractivity contribution in [3.8, 4) is 0 Å². The molecule has 1 fully saturated rings. The van der Waals surface area contributed by atoms with E-state index in [-0.39, 0.29) is 23.5 Å². The predicted octanol–water partition coefficient (Wildman–Crippen LogP) is 2.49. The van der Waals surface area contributed by atoms with Gasteiger partial charge in [-0.15, -0.1) is 0 Å². The molecule has 2 aliphatic heterocycles. The highest BCUT2D eigenvalue weighted by molar-refractivity contribution is 5.25. The number of hydrogen-bond donors (Lipinski definition) is 1. The highest BCUT2D eigenvalue weighted by Crippen LogP contribution is 2.34. The normalized spacial score (nSPS) is 23.1. The van der Waals surface area contributed by atoms with E-state index >= 15 is 0 Å². The van der Waals surface area contributed by atoms with Crippen LogP contribution in [-0.2, 0) is 19.4 Å². The molecule has 1 saturated heterocycles. The molecule has 0 saturated carbocycles. The van der Waals surface area contributed by atoms with Crippen molar-refractivity contribution in [1.29, 1.82) is 0 Å². The summed E-state index contributed by atoms with van der Waals surface area (Å²) in [6.07, 6.45) is 3.27. The second-order valence-corrected chi connectivity index (χ2v) is 6.78. The zero-order valence-electron chi connectivity index (χ0n) is 13.5. The van der Waals surface area contributed by atoms with Gasteiger partial charge in [0, 0.05) is 36.2 Å². The Morgan fingerprint density at radius 1 is 1.25 bits per heavy atom. The van der Waals surface area contributed by atoms with Crippen LogP contribution < -0.4 is 5.56 Å². The third-order valence-electron chi connectivity index (χ3n) is 5.22. The summed E-state index contributed by atoms with van der Waals surface area (Å²) in [6.45, 7) is 2.15. The van der Waals surface area contributed by atoms with Crippen molar-refractivity contribution in [2.45, 2.75) is 51.2 Å². The van der Waals surface area contributed by atoms with Gasteiger partial charge in [-0.05, 0) is 44.4 Å². The third kappa shape index (κ3) is 2.65. The van der Waals surface area contributed by atoms with Crippen LogP contribution in [0.1, 0.15) is 35.5 Å². The first-order valence-corrected chi connectivity index (χ1v) is 8.29. The molecule has 4 rings (SSSR count). The van der Waals surface area contributed by atoms with Gasteiger partial charge in [0.2, 0.25) is 0 Å². The van der Waals surface area contributed by atoms with E-state index in [9.17, 15) is 13.6 Å². The smallest absolute Gasteiger partial charge is 0.254 e. The summed E-state index contributed by atoms with van der Waals surface area (Å²) in [6, 6.07) is 3.96. The van der Waals surface area contributed by atoms with Gasteiger partial charge in [-0.1, -0.05) is 0 Å². The van der Waals surface area contributed by atoms with Crippen LogP contribution in [0.4, 0.5) is 8.78 Å². The van der Waals surface area contributed by atoms with Crippen molar-refractivity contribution in [2.75, 3.05) is 0 Å². The van der Waals surface area contributed by atoms with Gasteiger partial charge < -0.3 is 4.98 Å². The van der Waals surface area contributed by atoms with Crippen LogP contribution >= 0.6 is 0 Å². The number of hydrogen-bond acceptors (Lipinski definition) is 3. The van der Waals surface area contributed by atoms with Crippen molar-refractivity contribution in [1.82, 2.24) is 14.9 Å². The summed E-state index contributed by atoms with van der Waals surface area (Å²) in [4.78, 5) is 21.8. The van der Waals surface area contributed by atoms with E-state index in [0.717, 1.165) is 30.2 Å². The zero-order valence-corrected chi connectivity index (χ0v) is 13.5. The van der Waals surface area contributed by atoms with E-state index < -0.39 is 5.82 Å². The minimum Gasteiger partial charge on any atom is -0.311 e. The first-order valence-electron chi connectivity index (χ1n) is 8.29. The average Bonchev–Trinajstić information content (AvgIpc) is 2.79. The first-order chi connectivity index (χ1) is 11.5. The van der Waals surface area contributed by atoms with E-state index in [0.29, 0.717) is 30.8 Å². The average molecular weight is 331 g/mol. The van der Waals surface area contributed by atoms with Gasteiger partial charge in [-0.25, -0.2) is 13.8 Å². The molecular weight excluding hydrogens is 312 g/mol. The number of nitrogens with zero attached hydrogens (tertiary/aromatic N) is 2. The van der Waals surface area contributed by atoms with Gasteiger partial charge in [0.25, 0.3) is 5.56 Å². The highest BCUT2D eigenvalue weighted by atomic mass is 19.1. The van der Waals surface area contributed by atoms with E-state index in [1.54, 1.807) is 6.92 Å². The Labute approximate surface area is 138 Å². The molecule has 2 aromatic rings. The molecule has 0 spiro atoms. The van der Waals surface area contributed by atoms with Gasteiger partial charge in [-0.2, -0.15) is 0 Å². The number of rotatable bonds is 2. The fourth-order valence-electron chi connectivity index (χ4n) is 4.08. The summed E-state index contributed by atoms with van der Waals surface area (Å²) in [5, 5.41) is 0. The van der Waals surface area contributed by atoms with Gasteiger partial charge in [0.05, 0.1) is 5.69 Å². The van der Waals surface area contributed by atoms with Gasteiger partial charge in [0.15, 0.2) is 0 Å². The van der Waals surface area contributed by atoms with E-state index in [4.69, 9.17) is 0 Å². The van der Waals surface area contributed by atoms with Crippen LogP contribution in [0.3, 0.4) is 0 Å². The molecule has 0 aliphatic carbocycles. The third-order valence-corrected chi connectivity index (χ3v) is 5.22. The molecule has 3 heterocycles. The molecular formula is C18H19F2N3O. The van der Waals surface area contributed by atoms with Gasteiger partial charge in [0.1, 0.15) is 17.5 Å². The Morgan fingerprint density at radius 3 is 2.79 bits per heavy atom. The molecule has 0 radical (unpaired) electrons. The van der Waals surface area contributed by atoms with Crippen molar-refractivity contribution < 1.29 is 8.78 Å². The minimum absolute atomic E-state index is 0.0677. The second kappa shape index (κ2) is 5.77. The van der Waals surface area contributed by atoms with E-state index in [2.05, 4.69) is 14.9 Å². The Hall–Kier alpha value is -2.08. The van der Waals surface area contributed by atoms with E-state index in [1.807, 2.05) is 0 Å². The number of H-pyrrole nitrogens is 1. The lowest BCUT2D eigenvalue weighted by molar-refractivity contribution is 0.185. The number of aromatic nitrogens is 2. The van der Waals surface area contributed by atoms with Crippen LogP contribution in [0, 0.1) is 18.6 Å². The maximum atomic E-state index is 14.0. The number of aromatic amines is 1. The lowest BCUT2D eigenvalue weighted by Gasteiger charge is -2.28. The van der Waals surface area contributed by atoms with Gasteiger partial charge >= 0.3 is 0 Å². The molecule has 6 heteroatoms. The fraction of sp³-hybridized carbons (Fsp3) is 0.444. The second-order valence-electron chi connectivity index (χ2n) is 6.78. The van der Waals surface area contributed by atoms with Crippen LogP contribution in [0.15, 0.2) is 23.0 Å². The number of aryl methyl sites for hydroxylation is 1. The van der Waals surface area contributed by atoms with Crippen LogP contribution in [0.5, 0.6) is 0 Å². The molecule has 1 aromatic carbocycles. The number of nitrogens with one attached hydrogen (secondary N) is 1. The molecule has 2 atom stereocenters. The molecule has 1 aromatic heterocycles. The van der Waals surface area contributed by atoms with Crippen molar-refractivity contribution >= 4 is 0 Å². The molecule has 24 heavy (non-hydrogen) atoms. The van der Waals surface area contributed by atoms with Crippen molar-refractivity contribution in [3.05, 3.63) is 62.8 Å². The summed E-state index contributed by atoms with van der Waals surface area (Å²) >= 11 is 0. The maximum absolute atomic E-state index is 14.0. The first kappa shape index (κ1) is 15.4. The summed E-state index contributed by atoms with van der Waals surface area (Å²) in [5.74, 6) is -0.186. The van der Waals surface area contributed by atoms with Crippen LogP contribution in [0.2, 0.25) is 0 Å². The lowest BCUT2D eigenvalue weighted by Crippen LogP contribution is -2.36. The van der Waals surface area contributed by atoms with E-state index in [1.165, 1.54) is 12.1 Å². The summed E-state index contributed by atoms with van der Waals surface area (Å²) in [5.41, 5.74) is 1.91. The molecule has 2 aliphatic rings. The largest absolute Gasteiger partial charge is 0.311 e. The topological polar surface area (TPSA) is 49.0 Å². The standard InChI is InChI=1S/C18H19F2N3O/c1-10-21-17-8-14-4-3-13(7-15(17)18(24)22-10)23(14)9-11-6-12(19)2-5-16(11)20/h2,5-6,13-14H,3-4,7-9H2,1H3,(H,21,22,24)/t13-,14+/m0/s1. The summed E-state index contributed by atoms with van der Waals surface area (Å²) < 4.78 is 27.5. The lowest BCUT2D eigenvalue weighted by atomic mass is 9.98. The quantitative estimate of drug-likeness (QED) is 0.920. The van der Waals surface area contributed by atoms with Crippen molar-refractivity contribution in [2.24, 2.45) is 0 Å². The SMILES string of the molecule is Cc1nc2c(c(=O)[nH]1)C[C@@H]1CC[C@H](C2)N1Cc1cc(F)ccc1F. The molecule has 4 nitrogen and oxygen atoms in total. The summed E-state index contributed by atoms with van der Waals surface area (Å²) in [7, 11) is 0. The predicted molar refractivity (Wildman–Crippen MR) is 85.7 cm³/mol. The molecule has 0 amide bonds. The Kier molecular flexibility index (Phi) is 3.72. The van der Waals surface area contributed by atoms with Crippen LogP contribution in [0.25, 0.3) is 0 Å². The molecule has 126 valence electrons. The van der Waals surface area contributed by atoms with Crippen LogP contribution in [-0.4, -0.2) is 27.0 Å². The molecule has 2 bridgehead atoms. The number of halogens is 2. The Balaban J connectivity index is 1.67. The Morgan fingerprint density at radius 2 is 2.00 bits per heavy atom. The molecule has 0 unspecified atom stereocenters. The van der Waals surface area contributed by atoms with Crippen molar-refractivity contribution in [3.63, 3.8) is 0 Å². The highest BCUT2D eigenvalue weighted by Gasteiger charge is 2.38. The number of benzene rings is 1. The monoisotopic (exact) mass is 331 g/mol. The fourth-order valence-corrected chi connectivity index (χ4v) is 4.08. The molecule has 1 N–H and O–H groups in total. The number of fused-ring (bicyclic) bond motifs is 3. The minimum atomic E-state index is -0.425. The maximum Gasteiger partial charge on any atom is 0.254 e. The Bertz CT molecular complexity index is 849. The zero-order chi connectivity index (χ0) is 16.8.